The molecule has 2 unspecified atom stereocenters. The van der Waals surface area contributed by atoms with Crippen molar-refractivity contribution < 1.29 is 9.90 Å². The molecule has 0 aromatic heterocycles. The van der Waals surface area contributed by atoms with E-state index in [2.05, 4.69) is 5.32 Å². The predicted molar refractivity (Wildman–Crippen MR) is 82.6 cm³/mol. The molecular weight excluding hydrogens is 250 g/mol. The highest BCUT2D eigenvalue weighted by atomic mass is 16.3. The molecule has 0 aliphatic carbocycles. The van der Waals surface area contributed by atoms with Crippen LogP contribution in [0, 0.1) is 5.41 Å². The zero-order chi connectivity index (χ0) is 15.2. The third-order valence-electron chi connectivity index (χ3n) is 3.90. The van der Waals surface area contributed by atoms with Crippen LogP contribution in [0.2, 0.25) is 0 Å². The Morgan fingerprint density at radius 3 is 2.40 bits per heavy atom. The van der Waals surface area contributed by atoms with Crippen molar-refractivity contribution in [3.8, 4) is 0 Å². The first kappa shape index (κ1) is 16.7. The molecule has 0 fully saturated rings. The monoisotopic (exact) mass is 277 g/mol. The minimum absolute atomic E-state index is 0.0755. The number of aliphatic hydroxyl groups is 1. The van der Waals surface area contributed by atoms with Crippen LogP contribution in [0.4, 0.5) is 0 Å². The molecule has 0 bridgehead atoms. The normalized spacial score (nSPS) is 14.7. The predicted octanol–water partition coefficient (Wildman–Crippen LogP) is 3.09. The number of carbonyl (C=O) groups excluding carboxylic acids is 1. The van der Waals surface area contributed by atoms with E-state index in [1.807, 2.05) is 51.1 Å². The van der Waals surface area contributed by atoms with Gasteiger partial charge in [0.1, 0.15) is 0 Å². The third-order valence-corrected chi connectivity index (χ3v) is 3.90. The molecule has 0 heterocycles. The summed E-state index contributed by atoms with van der Waals surface area (Å²) in [6, 6.07) is 10.0. The van der Waals surface area contributed by atoms with Crippen molar-refractivity contribution in [3.63, 3.8) is 0 Å². The van der Waals surface area contributed by atoms with Crippen LogP contribution in [0.15, 0.2) is 30.3 Å². The fourth-order valence-corrected chi connectivity index (χ4v) is 2.09. The van der Waals surface area contributed by atoms with Crippen molar-refractivity contribution >= 4 is 5.91 Å². The lowest BCUT2D eigenvalue weighted by atomic mass is 9.88. The minimum atomic E-state index is -0.378. The molecule has 2 N–H and O–H groups in total. The fourth-order valence-electron chi connectivity index (χ4n) is 2.09. The molecule has 1 aromatic rings. The lowest BCUT2D eigenvalue weighted by molar-refractivity contribution is -0.129. The van der Waals surface area contributed by atoms with E-state index in [1.54, 1.807) is 6.92 Å². The van der Waals surface area contributed by atoms with Gasteiger partial charge in [-0.25, -0.2) is 0 Å². The van der Waals surface area contributed by atoms with E-state index in [0.29, 0.717) is 13.0 Å². The number of amides is 1. The van der Waals surface area contributed by atoms with Crippen LogP contribution >= 0.6 is 0 Å². The summed E-state index contributed by atoms with van der Waals surface area (Å²) < 4.78 is 0. The Hall–Kier alpha value is -1.35. The quantitative estimate of drug-likeness (QED) is 0.804. The Morgan fingerprint density at radius 1 is 1.30 bits per heavy atom. The second-order valence-corrected chi connectivity index (χ2v) is 6.14. The van der Waals surface area contributed by atoms with Crippen LogP contribution in [0.25, 0.3) is 0 Å². The molecule has 1 rings (SSSR count). The summed E-state index contributed by atoms with van der Waals surface area (Å²) in [7, 11) is 0. The Bertz CT molecular complexity index is 412. The smallest absolute Gasteiger partial charge is 0.225 e. The van der Waals surface area contributed by atoms with Gasteiger partial charge in [-0.05, 0) is 25.3 Å². The van der Waals surface area contributed by atoms with Gasteiger partial charge in [0.25, 0.3) is 0 Å². The first-order chi connectivity index (χ1) is 9.36. The SMILES string of the molecule is CCC(C)(C)C(=O)NCC(CC(C)O)c1ccccc1. The molecule has 1 aromatic carbocycles. The molecule has 20 heavy (non-hydrogen) atoms. The van der Waals surface area contributed by atoms with Crippen LogP contribution in [-0.2, 0) is 4.79 Å². The van der Waals surface area contributed by atoms with Crippen molar-refractivity contribution in [2.75, 3.05) is 6.54 Å². The maximum Gasteiger partial charge on any atom is 0.225 e. The zero-order valence-corrected chi connectivity index (χ0v) is 13.0. The molecule has 0 saturated carbocycles. The summed E-state index contributed by atoms with van der Waals surface area (Å²) in [5.74, 6) is 0.222. The third kappa shape index (κ3) is 4.97. The highest BCUT2D eigenvalue weighted by Gasteiger charge is 2.26. The van der Waals surface area contributed by atoms with E-state index >= 15 is 0 Å². The summed E-state index contributed by atoms with van der Waals surface area (Å²) in [4.78, 5) is 12.1. The van der Waals surface area contributed by atoms with Gasteiger partial charge in [-0.2, -0.15) is 0 Å². The van der Waals surface area contributed by atoms with E-state index in [-0.39, 0.29) is 23.3 Å². The average molecular weight is 277 g/mol. The first-order valence-corrected chi connectivity index (χ1v) is 7.38. The van der Waals surface area contributed by atoms with Crippen LogP contribution in [-0.4, -0.2) is 23.7 Å². The highest BCUT2D eigenvalue weighted by molar-refractivity contribution is 5.81. The largest absolute Gasteiger partial charge is 0.393 e. The maximum absolute atomic E-state index is 12.1. The topological polar surface area (TPSA) is 49.3 Å². The standard InChI is InChI=1S/C17H27NO2/c1-5-17(3,4)16(20)18-12-15(11-13(2)19)14-9-7-6-8-10-14/h6-10,13,15,19H,5,11-12H2,1-4H3,(H,18,20). The first-order valence-electron chi connectivity index (χ1n) is 7.38. The molecule has 0 spiro atoms. The minimum Gasteiger partial charge on any atom is -0.393 e. The lowest BCUT2D eigenvalue weighted by Crippen LogP contribution is -2.39. The van der Waals surface area contributed by atoms with E-state index < -0.39 is 0 Å². The van der Waals surface area contributed by atoms with Crippen molar-refractivity contribution in [2.45, 2.75) is 52.6 Å². The number of rotatable bonds is 7. The summed E-state index contributed by atoms with van der Waals surface area (Å²) in [5.41, 5.74) is 0.814. The summed E-state index contributed by atoms with van der Waals surface area (Å²) in [5, 5.41) is 12.7. The molecule has 0 radical (unpaired) electrons. The van der Waals surface area contributed by atoms with E-state index in [0.717, 1.165) is 12.0 Å². The Kier molecular flexibility index (Phi) is 6.21. The average Bonchev–Trinajstić information content (AvgIpc) is 2.43. The summed E-state index contributed by atoms with van der Waals surface area (Å²) in [6.07, 6.45) is 1.08. The number of nitrogens with one attached hydrogen (secondary N) is 1. The molecular formula is C17H27NO2. The molecule has 112 valence electrons. The Labute approximate surface area is 122 Å². The van der Waals surface area contributed by atoms with Gasteiger partial charge in [-0.3, -0.25) is 4.79 Å². The summed E-state index contributed by atoms with van der Waals surface area (Å²) >= 11 is 0. The highest BCUT2D eigenvalue weighted by Crippen LogP contribution is 2.23. The molecule has 0 saturated heterocycles. The molecule has 2 atom stereocenters. The van der Waals surface area contributed by atoms with Crippen molar-refractivity contribution in [1.29, 1.82) is 0 Å². The second-order valence-electron chi connectivity index (χ2n) is 6.14. The van der Waals surface area contributed by atoms with Crippen molar-refractivity contribution in [3.05, 3.63) is 35.9 Å². The second kappa shape index (κ2) is 7.44. The Morgan fingerprint density at radius 2 is 1.90 bits per heavy atom. The van der Waals surface area contributed by atoms with Gasteiger partial charge in [0.2, 0.25) is 5.91 Å². The van der Waals surface area contributed by atoms with E-state index in [1.165, 1.54) is 0 Å². The van der Waals surface area contributed by atoms with Crippen LogP contribution < -0.4 is 5.32 Å². The Balaban J connectivity index is 2.70. The van der Waals surface area contributed by atoms with Gasteiger partial charge >= 0.3 is 0 Å². The molecule has 1 amide bonds. The fraction of sp³-hybridized carbons (Fsp3) is 0.588. The zero-order valence-electron chi connectivity index (χ0n) is 13.0. The molecule has 3 heteroatoms. The van der Waals surface area contributed by atoms with Crippen molar-refractivity contribution in [1.82, 2.24) is 5.32 Å². The molecule has 3 nitrogen and oxygen atoms in total. The lowest BCUT2D eigenvalue weighted by Gasteiger charge is -2.25. The van der Waals surface area contributed by atoms with E-state index in [9.17, 15) is 9.90 Å². The van der Waals surface area contributed by atoms with Crippen LogP contribution in [0.1, 0.15) is 52.0 Å². The van der Waals surface area contributed by atoms with Crippen LogP contribution in [0.3, 0.4) is 0 Å². The summed E-state index contributed by atoms with van der Waals surface area (Å²) in [6.45, 7) is 8.28. The number of carbonyl (C=O) groups is 1. The van der Waals surface area contributed by atoms with Crippen LogP contribution in [0.5, 0.6) is 0 Å². The number of hydrogen-bond acceptors (Lipinski definition) is 2. The van der Waals surface area contributed by atoms with Gasteiger partial charge in [-0.1, -0.05) is 51.1 Å². The number of benzene rings is 1. The van der Waals surface area contributed by atoms with Gasteiger partial charge < -0.3 is 10.4 Å². The van der Waals surface area contributed by atoms with Gasteiger partial charge in [0.05, 0.1) is 6.10 Å². The molecule has 0 aliphatic heterocycles. The van der Waals surface area contributed by atoms with Gasteiger partial charge in [0, 0.05) is 17.9 Å². The van der Waals surface area contributed by atoms with Crippen molar-refractivity contribution in [2.24, 2.45) is 5.41 Å². The van der Waals surface area contributed by atoms with E-state index in [4.69, 9.17) is 0 Å². The maximum atomic E-state index is 12.1. The molecule has 0 aliphatic rings. The number of aliphatic hydroxyl groups excluding tert-OH is 1. The number of hydrogen-bond donors (Lipinski definition) is 2. The van der Waals surface area contributed by atoms with Gasteiger partial charge in [-0.15, -0.1) is 0 Å². The van der Waals surface area contributed by atoms with Gasteiger partial charge in [0.15, 0.2) is 0 Å².